The number of nitrogens with zero attached hydrogens (tertiary/aromatic N) is 1. The van der Waals surface area contributed by atoms with E-state index in [9.17, 15) is 14.9 Å². The molecule has 0 aliphatic heterocycles. The first-order valence-electron chi connectivity index (χ1n) is 8.93. The highest BCUT2D eigenvalue weighted by molar-refractivity contribution is 7.99. The summed E-state index contributed by atoms with van der Waals surface area (Å²) in [6.45, 7) is 3.86. The van der Waals surface area contributed by atoms with E-state index in [0.717, 1.165) is 9.79 Å². The molecule has 0 radical (unpaired) electrons. The molecular formula is C22H20N2O4S. The summed E-state index contributed by atoms with van der Waals surface area (Å²) < 4.78 is 5.30. The second-order valence-corrected chi connectivity index (χ2v) is 7.58. The minimum absolute atomic E-state index is 0.0628. The zero-order chi connectivity index (χ0) is 20.8. The van der Waals surface area contributed by atoms with Gasteiger partial charge in [0.15, 0.2) is 12.4 Å². The van der Waals surface area contributed by atoms with Crippen molar-refractivity contribution in [1.82, 2.24) is 0 Å². The highest BCUT2D eigenvalue weighted by atomic mass is 32.2. The highest BCUT2D eigenvalue weighted by Gasteiger charge is 2.15. The predicted molar refractivity (Wildman–Crippen MR) is 114 cm³/mol. The Hall–Kier alpha value is -3.32. The van der Waals surface area contributed by atoms with E-state index in [0.29, 0.717) is 5.69 Å². The van der Waals surface area contributed by atoms with Gasteiger partial charge in [-0.2, -0.15) is 0 Å². The molecule has 148 valence electrons. The van der Waals surface area contributed by atoms with Crippen LogP contribution in [0.1, 0.15) is 11.1 Å². The van der Waals surface area contributed by atoms with Gasteiger partial charge in [0.2, 0.25) is 0 Å². The number of aryl methyl sites for hydroxylation is 2. The molecular weight excluding hydrogens is 388 g/mol. The first-order chi connectivity index (χ1) is 13.9. The Labute approximate surface area is 173 Å². The maximum atomic E-state index is 12.1. The number of nitro groups is 1. The molecule has 0 spiro atoms. The molecule has 0 saturated carbocycles. The molecule has 0 saturated heterocycles. The predicted octanol–water partition coefficient (Wildman–Crippen LogP) is 5.38. The number of carbonyl (C=O) groups excluding carboxylic acids is 1. The standard InChI is InChI=1S/C22H20N2O4S/c1-15-7-10-19(13-16(15)2)29-18-11-8-17(9-12-18)23-22(25)14-28-21-6-4-3-5-20(21)24(26)27/h3-13H,14H2,1-2H3,(H,23,25). The number of nitro benzene ring substituents is 1. The monoisotopic (exact) mass is 408 g/mol. The third-order valence-electron chi connectivity index (χ3n) is 4.27. The van der Waals surface area contributed by atoms with Crippen molar-refractivity contribution in [2.45, 2.75) is 23.6 Å². The number of ether oxygens (including phenoxy) is 1. The molecule has 0 heterocycles. The molecule has 3 rings (SSSR count). The SMILES string of the molecule is Cc1ccc(Sc2ccc(NC(=O)COc3ccccc3[N+](=O)[O-])cc2)cc1C. The number of rotatable bonds is 7. The van der Waals surface area contributed by atoms with Crippen molar-refractivity contribution < 1.29 is 14.5 Å². The minimum atomic E-state index is -0.542. The third-order valence-corrected chi connectivity index (χ3v) is 5.27. The van der Waals surface area contributed by atoms with Gasteiger partial charge < -0.3 is 10.1 Å². The smallest absolute Gasteiger partial charge is 0.310 e. The van der Waals surface area contributed by atoms with E-state index in [1.165, 1.54) is 23.3 Å². The van der Waals surface area contributed by atoms with Gasteiger partial charge >= 0.3 is 5.69 Å². The molecule has 0 aliphatic carbocycles. The topological polar surface area (TPSA) is 81.5 Å². The fourth-order valence-electron chi connectivity index (χ4n) is 2.59. The van der Waals surface area contributed by atoms with E-state index in [4.69, 9.17) is 4.74 Å². The molecule has 0 aromatic heterocycles. The van der Waals surface area contributed by atoms with Crippen molar-refractivity contribution in [1.29, 1.82) is 0 Å². The van der Waals surface area contributed by atoms with Crippen molar-refractivity contribution in [2.24, 2.45) is 0 Å². The van der Waals surface area contributed by atoms with E-state index in [2.05, 4.69) is 37.4 Å². The Morgan fingerprint density at radius 2 is 1.69 bits per heavy atom. The van der Waals surface area contributed by atoms with Gasteiger partial charge in [0, 0.05) is 21.5 Å². The fraction of sp³-hybridized carbons (Fsp3) is 0.136. The Kier molecular flexibility index (Phi) is 6.51. The Morgan fingerprint density at radius 3 is 2.38 bits per heavy atom. The van der Waals surface area contributed by atoms with Crippen LogP contribution in [0.2, 0.25) is 0 Å². The van der Waals surface area contributed by atoms with Crippen LogP contribution in [-0.2, 0) is 4.79 Å². The lowest BCUT2D eigenvalue weighted by molar-refractivity contribution is -0.385. The third kappa shape index (κ3) is 5.58. The van der Waals surface area contributed by atoms with Crippen LogP contribution in [0, 0.1) is 24.0 Å². The number of nitrogens with one attached hydrogen (secondary N) is 1. The van der Waals surface area contributed by atoms with Crippen LogP contribution in [0.25, 0.3) is 0 Å². The van der Waals surface area contributed by atoms with Crippen LogP contribution < -0.4 is 10.1 Å². The Balaban J connectivity index is 1.56. The maximum Gasteiger partial charge on any atom is 0.310 e. The van der Waals surface area contributed by atoms with Gasteiger partial charge in [-0.3, -0.25) is 14.9 Å². The largest absolute Gasteiger partial charge is 0.477 e. The Morgan fingerprint density at radius 1 is 1.00 bits per heavy atom. The van der Waals surface area contributed by atoms with Crippen LogP contribution in [0.15, 0.2) is 76.5 Å². The summed E-state index contributed by atoms with van der Waals surface area (Å²) >= 11 is 1.65. The van der Waals surface area contributed by atoms with Crippen molar-refractivity contribution in [2.75, 3.05) is 11.9 Å². The van der Waals surface area contributed by atoms with Gasteiger partial charge in [-0.25, -0.2) is 0 Å². The molecule has 1 N–H and O–H groups in total. The van der Waals surface area contributed by atoms with E-state index in [1.807, 2.05) is 24.3 Å². The first kappa shape index (κ1) is 20.4. The zero-order valence-electron chi connectivity index (χ0n) is 16.0. The van der Waals surface area contributed by atoms with Crippen molar-refractivity contribution in [3.05, 3.63) is 88.0 Å². The average molecular weight is 408 g/mol. The van der Waals surface area contributed by atoms with Gasteiger partial charge in [0.25, 0.3) is 5.91 Å². The summed E-state index contributed by atoms with van der Waals surface area (Å²) in [7, 11) is 0. The van der Waals surface area contributed by atoms with Crippen LogP contribution in [-0.4, -0.2) is 17.4 Å². The van der Waals surface area contributed by atoms with Crippen LogP contribution >= 0.6 is 11.8 Å². The van der Waals surface area contributed by atoms with E-state index in [-0.39, 0.29) is 18.0 Å². The molecule has 1 amide bonds. The molecule has 7 heteroatoms. The van der Waals surface area contributed by atoms with Gasteiger partial charge in [0.05, 0.1) is 4.92 Å². The van der Waals surface area contributed by atoms with Gasteiger partial charge in [-0.15, -0.1) is 0 Å². The van der Waals surface area contributed by atoms with Gasteiger partial charge in [-0.1, -0.05) is 30.0 Å². The van der Waals surface area contributed by atoms with Gasteiger partial charge in [-0.05, 0) is 67.4 Å². The second kappa shape index (κ2) is 9.25. The quantitative estimate of drug-likeness (QED) is 0.419. The zero-order valence-corrected chi connectivity index (χ0v) is 16.9. The lowest BCUT2D eigenvalue weighted by Gasteiger charge is -2.09. The van der Waals surface area contributed by atoms with Crippen molar-refractivity contribution in [3.8, 4) is 5.75 Å². The van der Waals surface area contributed by atoms with Crippen molar-refractivity contribution >= 4 is 29.0 Å². The lowest BCUT2D eigenvalue weighted by Crippen LogP contribution is -2.20. The molecule has 0 atom stereocenters. The van der Waals surface area contributed by atoms with Crippen LogP contribution in [0.5, 0.6) is 5.75 Å². The summed E-state index contributed by atoms with van der Waals surface area (Å²) in [5.41, 5.74) is 2.96. The number of para-hydroxylation sites is 2. The number of carbonyl (C=O) groups is 1. The molecule has 29 heavy (non-hydrogen) atoms. The minimum Gasteiger partial charge on any atom is -0.477 e. The average Bonchev–Trinajstić information content (AvgIpc) is 2.71. The van der Waals surface area contributed by atoms with Crippen molar-refractivity contribution in [3.63, 3.8) is 0 Å². The molecule has 6 nitrogen and oxygen atoms in total. The summed E-state index contributed by atoms with van der Waals surface area (Å²) in [6, 6.07) is 19.8. The number of benzene rings is 3. The second-order valence-electron chi connectivity index (χ2n) is 6.43. The summed E-state index contributed by atoms with van der Waals surface area (Å²) in [4.78, 5) is 24.8. The maximum absolute atomic E-state index is 12.1. The molecule has 0 aliphatic rings. The van der Waals surface area contributed by atoms with Crippen LogP contribution in [0.4, 0.5) is 11.4 Å². The number of anilines is 1. The van der Waals surface area contributed by atoms with E-state index < -0.39 is 10.8 Å². The highest BCUT2D eigenvalue weighted by Crippen LogP contribution is 2.30. The lowest BCUT2D eigenvalue weighted by atomic mass is 10.1. The number of hydrogen-bond acceptors (Lipinski definition) is 5. The Bertz CT molecular complexity index is 1040. The van der Waals surface area contributed by atoms with Gasteiger partial charge in [0.1, 0.15) is 0 Å². The number of hydrogen-bond donors (Lipinski definition) is 1. The van der Waals surface area contributed by atoms with E-state index >= 15 is 0 Å². The molecule has 3 aromatic carbocycles. The fourth-order valence-corrected chi connectivity index (χ4v) is 3.51. The summed E-state index contributed by atoms with van der Waals surface area (Å²) in [5.74, 6) is -0.328. The van der Waals surface area contributed by atoms with Crippen LogP contribution in [0.3, 0.4) is 0 Å². The normalized spacial score (nSPS) is 10.4. The molecule has 0 fully saturated rings. The summed E-state index contributed by atoms with van der Waals surface area (Å²) in [5, 5.41) is 13.7. The molecule has 0 unspecified atom stereocenters. The summed E-state index contributed by atoms with van der Waals surface area (Å²) in [6.07, 6.45) is 0. The molecule has 3 aromatic rings. The number of amides is 1. The molecule has 0 bridgehead atoms. The van der Waals surface area contributed by atoms with E-state index in [1.54, 1.807) is 23.9 Å². The first-order valence-corrected chi connectivity index (χ1v) is 9.75.